The van der Waals surface area contributed by atoms with E-state index >= 15 is 0 Å². The number of nitrogens with zero attached hydrogens (tertiary/aromatic N) is 2. The molecule has 0 amide bonds. The summed E-state index contributed by atoms with van der Waals surface area (Å²) < 4.78 is 0. The van der Waals surface area contributed by atoms with Crippen molar-refractivity contribution in [2.75, 3.05) is 10.6 Å². The van der Waals surface area contributed by atoms with Gasteiger partial charge in [-0.3, -0.25) is 0 Å². The number of hydrogen-bond acceptors (Lipinski definition) is 4. The molecule has 4 nitrogen and oxygen atoms in total. The molecule has 2 aromatic carbocycles. The topological polar surface area (TPSA) is 49.8 Å². The summed E-state index contributed by atoms with van der Waals surface area (Å²) in [6.07, 6.45) is 0.974. The molecule has 2 N–H and O–H groups in total. The van der Waals surface area contributed by atoms with Crippen LogP contribution in [0.1, 0.15) is 23.9 Å². The summed E-state index contributed by atoms with van der Waals surface area (Å²) in [7, 11) is 0. The highest BCUT2D eigenvalue weighted by atomic mass is 15.1. The molecule has 0 bridgehead atoms. The summed E-state index contributed by atoms with van der Waals surface area (Å²) in [5.74, 6) is 2.30. The highest BCUT2D eigenvalue weighted by molar-refractivity contribution is 5.65. The van der Waals surface area contributed by atoms with Gasteiger partial charge in [0.2, 0.25) is 0 Å². The van der Waals surface area contributed by atoms with Crippen LogP contribution in [0.4, 0.5) is 23.0 Å². The third kappa shape index (κ3) is 3.90. The van der Waals surface area contributed by atoms with Crippen LogP contribution in [-0.4, -0.2) is 9.97 Å². The number of benzene rings is 2. The Labute approximate surface area is 143 Å². The summed E-state index contributed by atoms with van der Waals surface area (Å²) in [5.41, 5.74) is 4.58. The fraction of sp³-hybridized carbons (Fsp3) is 0.200. The maximum absolute atomic E-state index is 4.50. The van der Waals surface area contributed by atoms with Crippen LogP contribution in [0, 0.1) is 13.8 Å². The van der Waals surface area contributed by atoms with Crippen molar-refractivity contribution in [2.24, 2.45) is 0 Å². The normalized spacial score (nSPS) is 10.5. The minimum absolute atomic E-state index is 0.726. The lowest BCUT2D eigenvalue weighted by atomic mass is 10.1. The summed E-state index contributed by atoms with van der Waals surface area (Å²) in [4.78, 5) is 8.98. The Morgan fingerprint density at radius 3 is 2.33 bits per heavy atom. The molecule has 0 aliphatic heterocycles. The van der Waals surface area contributed by atoms with Crippen LogP contribution in [0.25, 0.3) is 0 Å². The predicted octanol–water partition coefficient (Wildman–Crippen LogP) is 5.14. The van der Waals surface area contributed by atoms with Gasteiger partial charge >= 0.3 is 0 Å². The van der Waals surface area contributed by atoms with Gasteiger partial charge in [0.05, 0.1) is 0 Å². The van der Waals surface area contributed by atoms with Crippen molar-refractivity contribution >= 4 is 23.0 Å². The van der Waals surface area contributed by atoms with Gasteiger partial charge in [-0.1, -0.05) is 37.3 Å². The first-order valence-corrected chi connectivity index (χ1v) is 8.18. The van der Waals surface area contributed by atoms with Crippen LogP contribution < -0.4 is 10.6 Å². The molecular weight excluding hydrogens is 296 g/mol. The zero-order valence-electron chi connectivity index (χ0n) is 14.3. The third-order valence-electron chi connectivity index (χ3n) is 3.79. The van der Waals surface area contributed by atoms with Crippen molar-refractivity contribution in [3.8, 4) is 0 Å². The van der Waals surface area contributed by atoms with Gasteiger partial charge in [0, 0.05) is 17.4 Å². The van der Waals surface area contributed by atoms with Crippen LogP contribution >= 0.6 is 0 Å². The van der Waals surface area contributed by atoms with E-state index in [1.807, 2.05) is 31.2 Å². The van der Waals surface area contributed by atoms with Crippen molar-refractivity contribution in [2.45, 2.75) is 27.2 Å². The molecule has 1 aromatic heterocycles. The second kappa shape index (κ2) is 7.13. The second-order valence-corrected chi connectivity index (χ2v) is 5.82. The first-order chi connectivity index (χ1) is 11.6. The molecule has 24 heavy (non-hydrogen) atoms. The molecule has 0 spiro atoms. The molecule has 0 radical (unpaired) electrons. The van der Waals surface area contributed by atoms with Gasteiger partial charge in [0.25, 0.3) is 0 Å². The minimum Gasteiger partial charge on any atom is -0.340 e. The number of anilines is 4. The average Bonchev–Trinajstić information content (AvgIpc) is 2.55. The van der Waals surface area contributed by atoms with Gasteiger partial charge in [-0.25, -0.2) is 9.97 Å². The Hall–Kier alpha value is -2.88. The SMILES string of the molecule is CCc1ccccc1Nc1cc(Nc2cccc(C)c2)nc(C)n1. The molecule has 0 aliphatic rings. The Morgan fingerprint density at radius 1 is 0.833 bits per heavy atom. The molecule has 0 fully saturated rings. The Morgan fingerprint density at radius 2 is 1.58 bits per heavy atom. The fourth-order valence-electron chi connectivity index (χ4n) is 2.65. The van der Waals surface area contributed by atoms with Crippen LogP contribution in [0.3, 0.4) is 0 Å². The van der Waals surface area contributed by atoms with Crippen LogP contribution in [0.2, 0.25) is 0 Å². The lowest BCUT2D eigenvalue weighted by molar-refractivity contribution is 1.06. The van der Waals surface area contributed by atoms with E-state index in [4.69, 9.17) is 0 Å². The van der Waals surface area contributed by atoms with Crippen molar-refractivity contribution in [1.29, 1.82) is 0 Å². The van der Waals surface area contributed by atoms with Gasteiger partial charge < -0.3 is 10.6 Å². The van der Waals surface area contributed by atoms with Crippen LogP contribution in [0.15, 0.2) is 54.6 Å². The van der Waals surface area contributed by atoms with Crippen molar-refractivity contribution in [3.05, 3.63) is 71.5 Å². The number of hydrogen-bond donors (Lipinski definition) is 2. The van der Waals surface area contributed by atoms with Crippen molar-refractivity contribution in [3.63, 3.8) is 0 Å². The number of aromatic nitrogens is 2. The monoisotopic (exact) mass is 318 g/mol. The molecule has 3 aromatic rings. The van der Waals surface area contributed by atoms with Gasteiger partial charge in [-0.2, -0.15) is 0 Å². The molecular formula is C20H22N4. The maximum atomic E-state index is 4.50. The van der Waals surface area contributed by atoms with E-state index in [1.54, 1.807) is 0 Å². The third-order valence-corrected chi connectivity index (χ3v) is 3.79. The molecule has 4 heteroatoms. The summed E-state index contributed by atoms with van der Waals surface area (Å²) in [5, 5.41) is 6.76. The predicted molar refractivity (Wildman–Crippen MR) is 100 cm³/mol. The zero-order chi connectivity index (χ0) is 16.9. The largest absolute Gasteiger partial charge is 0.340 e. The summed E-state index contributed by atoms with van der Waals surface area (Å²) >= 11 is 0. The maximum Gasteiger partial charge on any atom is 0.136 e. The number of aryl methyl sites for hydroxylation is 3. The number of rotatable bonds is 5. The van der Waals surface area contributed by atoms with E-state index in [1.165, 1.54) is 11.1 Å². The van der Waals surface area contributed by atoms with Gasteiger partial charge in [0.15, 0.2) is 0 Å². The molecule has 3 rings (SSSR count). The van der Waals surface area contributed by atoms with Gasteiger partial charge in [-0.15, -0.1) is 0 Å². The van der Waals surface area contributed by atoms with E-state index < -0.39 is 0 Å². The second-order valence-electron chi connectivity index (χ2n) is 5.82. The van der Waals surface area contributed by atoms with E-state index in [2.05, 4.69) is 64.8 Å². The highest BCUT2D eigenvalue weighted by Gasteiger charge is 2.05. The quantitative estimate of drug-likeness (QED) is 0.683. The van der Waals surface area contributed by atoms with E-state index in [0.29, 0.717) is 0 Å². The molecule has 1 heterocycles. The van der Waals surface area contributed by atoms with E-state index in [-0.39, 0.29) is 0 Å². The lowest BCUT2D eigenvalue weighted by Crippen LogP contribution is -2.02. The molecule has 0 saturated carbocycles. The lowest BCUT2D eigenvalue weighted by Gasteiger charge is -2.12. The molecule has 0 saturated heterocycles. The van der Waals surface area contributed by atoms with Crippen molar-refractivity contribution < 1.29 is 0 Å². The standard InChI is InChI=1S/C20H22N4/c1-4-16-9-5-6-11-18(16)24-20-13-19(21-15(3)22-20)23-17-10-7-8-14(2)12-17/h5-13H,4H2,1-3H3,(H2,21,22,23,24). The molecule has 0 aliphatic carbocycles. The Bertz CT molecular complexity index is 843. The minimum atomic E-state index is 0.726. The van der Waals surface area contributed by atoms with Crippen LogP contribution in [-0.2, 0) is 6.42 Å². The van der Waals surface area contributed by atoms with Crippen molar-refractivity contribution in [1.82, 2.24) is 9.97 Å². The van der Waals surface area contributed by atoms with E-state index in [9.17, 15) is 0 Å². The number of nitrogens with one attached hydrogen (secondary N) is 2. The highest BCUT2D eigenvalue weighted by Crippen LogP contribution is 2.23. The molecule has 122 valence electrons. The van der Waals surface area contributed by atoms with Crippen LogP contribution in [0.5, 0.6) is 0 Å². The Kier molecular flexibility index (Phi) is 4.75. The van der Waals surface area contributed by atoms with Gasteiger partial charge in [-0.05, 0) is 49.6 Å². The summed E-state index contributed by atoms with van der Waals surface area (Å²) in [6, 6.07) is 18.4. The Balaban J connectivity index is 1.86. The van der Waals surface area contributed by atoms with Gasteiger partial charge in [0.1, 0.15) is 17.5 Å². The fourth-order valence-corrected chi connectivity index (χ4v) is 2.65. The summed E-state index contributed by atoms with van der Waals surface area (Å²) in [6.45, 7) is 6.12. The number of para-hydroxylation sites is 1. The average molecular weight is 318 g/mol. The smallest absolute Gasteiger partial charge is 0.136 e. The molecule has 0 unspecified atom stereocenters. The first-order valence-electron chi connectivity index (χ1n) is 8.18. The molecule has 0 atom stereocenters. The first kappa shape index (κ1) is 16.0. The zero-order valence-corrected chi connectivity index (χ0v) is 14.3. The van der Waals surface area contributed by atoms with E-state index in [0.717, 1.165) is 35.3 Å².